The fourth-order valence-electron chi connectivity index (χ4n) is 1.50. The van der Waals surface area contributed by atoms with Gasteiger partial charge in [0.2, 0.25) is 5.91 Å². The van der Waals surface area contributed by atoms with Crippen molar-refractivity contribution < 1.29 is 4.79 Å². The number of amides is 1. The van der Waals surface area contributed by atoms with E-state index < -0.39 is 0 Å². The lowest BCUT2D eigenvalue weighted by Crippen LogP contribution is -2.35. The first kappa shape index (κ1) is 9.08. The second kappa shape index (κ2) is 4.15. The van der Waals surface area contributed by atoms with Gasteiger partial charge in [-0.15, -0.1) is 0 Å². The summed E-state index contributed by atoms with van der Waals surface area (Å²) in [5, 5.41) is 5.88. The van der Waals surface area contributed by atoms with Gasteiger partial charge >= 0.3 is 0 Å². The Morgan fingerprint density at radius 1 is 1.50 bits per heavy atom. The van der Waals surface area contributed by atoms with Crippen LogP contribution >= 0.6 is 0 Å². The highest BCUT2D eigenvalue weighted by Gasteiger charge is 2.21. The van der Waals surface area contributed by atoms with Crippen LogP contribution in [0.2, 0.25) is 0 Å². The molecule has 0 aliphatic carbocycles. The Morgan fingerprint density at radius 3 is 2.93 bits per heavy atom. The summed E-state index contributed by atoms with van der Waals surface area (Å²) in [7, 11) is 0. The Balaban J connectivity index is 1.94. The van der Waals surface area contributed by atoms with E-state index in [0.29, 0.717) is 5.69 Å². The first-order valence-electron chi connectivity index (χ1n) is 4.65. The molecule has 1 aromatic heterocycles. The van der Waals surface area contributed by atoms with Gasteiger partial charge in [0.1, 0.15) is 6.33 Å². The van der Waals surface area contributed by atoms with E-state index in [0.717, 1.165) is 19.4 Å². The van der Waals surface area contributed by atoms with Crippen LogP contribution in [-0.2, 0) is 4.79 Å². The molecule has 0 spiro atoms. The zero-order valence-corrected chi connectivity index (χ0v) is 7.73. The van der Waals surface area contributed by atoms with Crippen molar-refractivity contribution in [1.82, 2.24) is 15.3 Å². The Morgan fingerprint density at radius 2 is 2.29 bits per heavy atom. The zero-order valence-electron chi connectivity index (χ0n) is 7.73. The molecule has 0 unspecified atom stereocenters. The van der Waals surface area contributed by atoms with Crippen molar-refractivity contribution in [2.75, 3.05) is 11.9 Å². The summed E-state index contributed by atoms with van der Waals surface area (Å²) in [5.41, 5.74) is 0.645. The van der Waals surface area contributed by atoms with Crippen LogP contribution in [0.25, 0.3) is 0 Å². The van der Waals surface area contributed by atoms with Crippen LogP contribution in [0, 0.1) is 0 Å². The third-order valence-corrected chi connectivity index (χ3v) is 2.20. The Labute approximate surface area is 82.0 Å². The first-order chi connectivity index (χ1) is 6.86. The van der Waals surface area contributed by atoms with Gasteiger partial charge in [0.15, 0.2) is 0 Å². The van der Waals surface area contributed by atoms with Crippen molar-refractivity contribution >= 4 is 11.6 Å². The average molecular weight is 192 g/mol. The molecular formula is C9H12N4O. The number of carbonyl (C=O) groups is 1. The van der Waals surface area contributed by atoms with E-state index >= 15 is 0 Å². The van der Waals surface area contributed by atoms with E-state index in [1.54, 1.807) is 12.4 Å². The molecule has 14 heavy (non-hydrogen) atoms. The van der Waals surface area contributed by atoms with Crippen LogP contribution in [0.15, 0.2) is 18.7 Å². The molecule has 5 nitrogen and oxygen atoms in total. The molecule has 2 N–H and O–H groups in total. The van der Waals surface area contributed by atoms with Gasteiger partial charge in [-0.05, 0) is 19.4 Å². The van der Waals surface area contributed by atoms with Crippen LogP contribution < -0.4 is 10.6 Å². The second-order valence-electron chi connectivity index (χ2n) is 3.27. The third kappa shape index (κ3) is 2.05. The van der Waals surface area contributed by atoms with Gasteiger partial charge in [-0.25, -0.2) is 9.97 Å². The summed E-state index contributed by atoms with van der Waals surface area (Å²) in [4.78, 5) is 19.2. The van der Waals surface area contributed by atoms with Crippen molar-refractivity contribution in [2.24, 2.45) is 0 Å². The van der Waals surface area contributed by atoms with Gasteiger partial charge in [0, 0.05) is 0 Å². The molecule has 1 aromatic rings. The topological polar surface area (TPSA) is 66.9 Å². The van der Waals surface area contributed by atoms with E-state index in [-0.39, 0.29) is 11.9 Å². The van der Waals surface area contributed by atoms with Crippen molar-refractivity contribution in [2.45, 2.75) is 18.9 Å². The largest absolute Gasteiger partial charge is 0.322 e. The number of nitrogens with one attached hydrogen (secondary N) is 2. The summed E-state index contributed by atoms with van der Waals surface area (Å²) < 4.78 is 0. The lowest BCUT2D eigenvalue weighted by Gasteiger charge is -2.09. The van der Waals surface area contributed by atoms with E-state index in [2.05, 4.69) is 20.6 Å². The fraction of sp³-hybridized carbons (Fsp3) is 0.444. The quantitative estimate of drug-likeness (QED) is 0.700. The van der Waals surface area contributed by atoms with E-state index in [1.807, 2.05) is 0 Å². The number of rotatable bonds is 2. The summed E-state index contributed by atoms with van der Waals surface area (Å²) in [6, 6.07) is -0.0600. The molecule has 1 saturated heterocycles. The Bertz CT molecular complexity index is 308. The summed E-state index contributed by atoms with van der Waals surface area (Å²) >= 11 is 0. The molecule has 0 bridgehead atoms. The summed E-state index contributed by atoms with van der Waals surface area (Å²) in [6.45, 7) is 0.920. The molecular weight excluding hydrogens is 180 g/mol. The molecule has 1 aliphatic heterocycles. The molecule has 1 aliphatic rings. The minimum atomic E-state index is -0.0600. The lowest BCUT2D eigenvalue weighted by atomic mass is 10.2. The minimum Gasteiger partial charge on any atom is -0.322 e. The van der Waals surface area contributed by atoms with Crippen molar-refractivity contribution in [3.8, 4) is 0 Å². The SMILES string of the molecule is O=C(Nc1cncnc1)[C@H]1CCCN1. The number of anilines is 1. The highest BCUT2D eigenvalue weighted by atomic mass is 16.2. The van der Waals surface area contributed by atoms with E-state index in [4.69, 9.17) is 0 Å². The number of carbonyl (C=O) groups excluding carboxylic acids is 1. The standard InChI is InChI=1S/C9H12N4O/c14-9(8-2-1-3-12-8)13-7-4-10-6-11-5-7/h4-6,8,12H,1-3H2,(H,13,14)/t8-/m1/s1. The minimum absolute atomic E-state index is 0.00250. The molecule has 74 valence electrons. The maximum Gasteiger partial charge on any atom is 0.241 e. The smallest absolute Gasteiger partial charge is 0.241 e. The second-order valence-corrected chi connectivity index (χ2v) is 3.27. The molecule has 1 fully saturated rings. The summed E-state index contributed by atoms with van der Waals surface area (Å²) in [5.74, 6) is -0.00250. The van der Waals surface area contributed by atoms with Crippen LogP contribution in [0.5, 0.6) is 0 Å². The highest BCUT2D eigenvalue weighted by Crippen LogP contribution is 2.08. The molecule has 0 radical (unpaired) electrons. The van der Waals surface area contributed by atoms with Crippen LogP contribution in [0.4, 0.5) is 5.69 Å². The molecule has 2 heterocycles. The number of hydrogen-bond donors (Lipinski definition) is 2. The van der Waals surface area contributed by atoms with Gasteiger partial charge in [-0.3, -0.25) is 4.79 Å². The maximum absolute atomic E-state index is 11.6. The van der Waals surface area contributed by atoms with Crippen LogP contribution in [0.3, 0.4) is 0 Å². The number of hydrogen-bond acceptors (Lipinski definition) is 4. The maximum atomic E-state index is 11.6. The van der Waals surface area contributed by atoms with Crippen LogP contribution in [-0.4, -0.2) is 28.5 Å². The third-order valence-electron chi connectivity index (χ3n) is 2.20. The van der Waals surface area contributed by atoms with Gasteiger partial charge in [0.25, 0.3) is 0 Å². The molecule has 0 saturated carbocycles. The average Bonchev–Trinajstić information content (AvgIpc) is 2.72. The zero-order chi connectivity index (χ0) is 9.80. The van der Waals surface area contributed by atoms with E-state index in [1.165, 1.54) is 6.33 Å². The molecule has 0 aromatic carbocycles. The normalized spacial score (nSPS) is 20.7. The molecule has 1 atom stereocenters. The molecule has 2 rings (SSSR count). The lowest BCUT2D eigenvalue weighted by molar-refractivity contribution is -0.117. The van der Waals surface area contributed by atoms with Crippen molar-refractivity contribution in [1.29, 1.82) is 0 Å². The van der Waals surface area contributed by atoms with Crippen LogP contribution in [0.1, 0.15) is 12.8 Å². The monoisotopic (exact) mass is 192 g/mol. The first-order valence-corrected chi connectivity index (χ1v) is 4.65. The predicted octanol–water partition coefficient (Wildman–Crippen LogP) is 0.167. The Kier molecular flexibility index (Phi) is 2.69. The molecule has 5 heteroatoms. The van der Waals surface area contributed by atoms with Crippen molar-refractivity contribution in [3.63, 3.8) is 0 Å². The van der Waals surface area contributed by atoms with Crippen molar-refractivity contribution in [3.05, 3.63) is 18.7 Å². The van der Waals surface area contributed by atoms with Gasteiger partial charge in [0.05, 0.1) is 24.1 Å². The van der Waals surface area contributed by atoms with Gasteiger partial charge in [-0.1, -0.05) is 0 Å². The highest BCUT2D eigenvalue weighted by molar-refractivity contribution is 5.94. The molecule has 1 amide bonds. The Hall–Kier alpha value is -1.49. The number of nitrogens with zero attached hydrogens (tertiary/aromatic N) is 2. The fourth-order valence-corrected chi connectivity index (χ4v) is 1.50. The number of aromatic nitrogens is 2. The van der Waals surface area contributed by atoms with E-state index in [9.17, 15) is 4.79 Å². The van der Waals surface area contributed by atoms with Gasteiger partial charge < -0.3 is 10.6 Å². The summed E-state index contributed by atoms with van der Waals surface area (Å²) in [6.07, 6.45) is 6.56. The predicted molar refractivity (Wildman–Crippen MR) is 51.7 cm³/mol. The van der Waals surface area contributed by atoms with Gasteiger partial charge in [-0.2, -0.15) is 0 Å².